The van der Waals surface area contributed by atoms with Crippen LogP contribution >= 0.6 is 0 Å². The van der Waals surface area contributed by atoms with Crippen LogP contribution in [0.5, 0.6) is 0 Å². The number of nitrogens with zero attached hydrogens (tertiary/aromatic N) is 2. The zero-order valence-corrected chi connectivity index (χ0v) is 9.88. The summed E-state index contributed by atoms with van der Waals surface area (Å²) in [4.78, 5) is 22.8. The number of Topliss-reactive ketones (excluding diaryl/α,β-unsaturated/α-hetero) is 1. The molecule has 1 aromatic heterocycles. The molecule has 2 aromatic rings. The highest BCUT2D eigenvalue weighted by Crippen LogP contribution is 2.44. The van der Waals surface area contributed by atoms with Crippen molar-refractivity contribution >= 4 is 22.7 Å². The average molecular weight is 244 g/mol. The lowest BCUT2D eigenvalue weighted by molar-refractivity contribution is -0.153. The third-order valence-electron chi connectivity index (χ3n) is 3.60. The molecule has 0 spiro atoms. The highest BCUT2D eigenvalue weighted by molar-refractivity contribution is 6.04. The van der Waals surface area contributed by atoms with E-state index in [-0.39, 0.29) is 18.6 Å². The number of aryl methyl sites for hydroxylation is 1. The van der Waals surface area contributed by atoms with Gasteiger partial charge in [-0.1, -0.05) is 18.2 Å². The summed E-state index contributed by atoms with van der Waals surface area (Å²) in [5.74, 6) is -0.960. The van der Waals surface area contributed by atoms with E-state index in [1.54, 1.807) is 11.7 Å². The van der Waals surface area contributed by atoms with E-state index in [0.29, 0.717) is 5.69 Å². The minimum Gasteiger partial charge on any atom is -0.481 e. The van der Waals surface area contributed by atoms with Crippen LogP contribution in [0.1, 0.15) is 18.5 Å². The van der Waals surface area contributed by atoms with Crippen molar-refractivity contribution in [1.82, 2.24) is 9.78 Å². The molecule has 1 fully saturated rings. The first-order chi connectivity index (χ1) is 8.54. The highest BCUT2D eigenvalue weighted by atomic mass is 16.4. The molecule has 3 rings (SSSR count). The number of carboxylic acid groups (broad SMARTS) is 1. The monoisotopic (exact) mass is 244 g/mol. The summed E-state index contributed by atoms with van der Waals surface area (Å²) < 4.78 is 1.59. The van der Waals surface area contributed by atoms with E-state index < -0.39 is 11.4 Å². The number of hydrogen-bond acceptors (Lipinski definition) is 3. The summed E-state index contributed by atoms with van der Waals surface area (Å²) in [6.45, 7) is 0. The van der Waals surface area contributed by atoms with Crippen molar-refractivity contribution < 1.29 is 14.7 Å². The van der Waals surface area contributed by atoms with Crippen LogP contribution in [0.15, 0.2) is 24.3 Å². The SMILES string of the molecule is Cn1nc2ccccc2c1C1(C(=O)O)CC(=O)C1. The maximum atomic E-state index is 11.6. The van der Waals surface area contributed by atoms with Gasteiger partial charge in [0, 0.05) is 25.3 Å². The van der Waals surface area contributed by atoms with Crippen LogP contribution in [0.2, 0.25) is 0 Å². The molecule has 1 aliphatic rings. The fourth-order valence-electron chi connectivity index (χ4n) is 2.76. The lowest BCUT2D eigenvalue weighted by atomic mass is 9.65. The number of fused-ring (bicyclic) bond motifs is 1. The fourth-order valence-corrected chi connectivity index (χ4v) is 2.76. The molecule has 0 aliphatic heterocycles. The zero-order valence-electron chi connectivity index (χ0n) is 9.88. The Labute approximate surface area is 103 Å². The topological polar surface area (TPSA) is 72.2 Å². The lowest BCUT2D eigenvalue weighted by Gasteiger charge is -2.36. The van der Waals surface area contributed by atoms with E-state index in [0.717, 1.165) is 10.9 Å². The molecule has 92 valence electrons. The highest BCUT2D eigenvalue weighted by Gasteiger charge is 2.54. The van der Waals surface area contributed by atoms with Gasteiger partial charge in [0.1, 0.15) is 11.2 Å². The Morgan fingerprint density at radius 1 is 1.39 bits per heavy atom. The maximum Gasteiger partial charge on any atom is 0.316 e. The molecule has 0 atom stereocenters. The van der Waals surface area contributed by atoms with Gasteiger partial charge in [-0.25, -0.2) is 0 Å². The molecular formula is C13H12N2O3. The number of benzene rings is 1. The van der Waals surface area contributed by atoms with E-state index in [2.05, 4.69) is 5.10 Å². The van der Waals surface area contributed by atoms with Crippen molar-refractivity contribution in [2.75, 3.05) is 0 Å². The Hall–Kier alpha value is -2.17. The summed E-state index contributed by atoms with van der Waals surface area (Å²) in [5.41, 5.74) is 0.294. The summed E-state index contributed by atoms with van der Waals surface area (Å²) in [5, 5.41) is 14.6. The largest absolute Gasteiger partial charge is 0.481 e. The van der Waals surface area contributed by atoms with Crippen molar-refractivity contribution in [2.45, 2.75) is 18.3 Å². The summed E-state index contributed by atoms with van der Waals surface area (Å²) in [6.07, 6.45) is 0.123. The Balaban J connectivity index is 2.28. The Kier molecular flexibility index (Phi) is 2.08. The van der Waals surface area contributed by atoms with E-state index in [4.69, 9.17) is 0 Å². The number of carbonyl (C=O) groups excluding carboxylic acids is 1. The van der Waals surface area contributed by atoms with Gasteiger partial charge < -0.3 is 5.11 Å². The molecule has 5 nitrogen and oxygen atoms in total. The van der Waals surface area contributed by atoms with Crippen LogP contribution in [-0.4, -0.2) is 26.6 Å². The molecule has 1 N–H and O–H groups in total. The standard InChI is InChI=1S/C13H12N2O3/c1-15-11(9-4-2-3-5-10(9)14-15)13(12(17)18)6-8(16)7-13/h2-5H,6-7H2,1H3,(H,17,18). The Morgan fingerprint density at radius 3 is 2.67 bits per heavy atom. The molecule has 1 heterocycles. The summed E-state index contributed by atoms with van der Waals surface area (Å²) in [6, 6.07) is 7.40. The van der Waals surface area contributed by atoms with E-state index in [9.17, 15) is 14.7 Å². The van der Waals surface area contributed by atoms with Crippen LogP contribution in [-0.2, 0) is 22.1 Å². The normalized spacial score (nSPS) is 17.7. The minimum absolute atomic E-state index is 0.0114. The molecule has 0 saturated heterocycles. The van der Waals surface area contributed by atoms with Crippen LogP contribution in [0.4, 0.5) is 0 Å². The molecule has 0 bridgehead atoms. The average Bonchev–Trinajstić information content (AvgIpc) is 2.60. The van der Waals surface area contributed by atoms with E-state index in [1.807, 2.05) is 24.3 Å². The molecule has 1 aliphatic carbocycles. The molecule has 0 radical (unpaired) electrons. The van der Waals surface area contributed by atoms with Gasteiger partial charge in [0.2, 0.25) is 0 Å². The van der Waals surface area contributed by atoms with Crippen LogP contribution < -0.4 is 0 Å². The van der Waals surface area contributed by atoms with Crippen molar-refractivity contribution in [1.29, 1.82) is 0 Å². The number of hydrogen-bond donors (Lipinski definition) is 1. The third-order valence-corrected chi connectivity index (χ3v) is 3.60. The molecular weight excluding hydrogens is 232 g/mol. The van der Waals surface area contributed by atoms with Crippen LogP contribution in [0, 0.1) is 0 Å². The van der Waals surface area contributed by atoms with Crippen LogP contribution in [0.3, 0.4) is 0 Å². The van der Waals surface area contributed by atoms with Gasteiger partial charge in [-0.2, -0.15) is 5.10 Å². The van der Waals surface area contributed by atoms with Gasteiger partial charge in [-0.3, -0.25) is 14.3 Å². The van der Waals surface area contributed by atoms with Crippen molar-refractivity contribution in [2.24, 2.45) is 7.05 Å². The molecule has 1 saturated carbocycles. The third kappa shape index (κ3) is 1.24. The lowest BCUT2D eigenvalue weighted by Crippen LogP contribution is -2.49. The summed E-state index contributed by atoms with van der Waals surface area (Å²) in [7, 11) is 1.73. The van der Waals surface area contributed by atoms with Gasteiger partial charge >= 0.3 is 5.97 Å². The van der Waals surface area contributed by atoms with Gasteiger partial charge in [0.05, 0.1) is 11.2 Å². The Morgan fingerprint density at radius 2 is 2.06 bits per heavy atom. The number of aromatic nitrogens is 2. The zero-order chi connectivity index (χ0) is 12.9. The van der Waals surface area contributed by atoms with E-state index in [1.165, 1.54) is 0 Å². The minimum atomic E-state index is -1.10. The fraction of sp³-hybridized carbons (Fsp3) is 0.308. The maximum absolute atomic E-state index is 11.6. The second kappa shape index (κ2) is 3.41. The quantitative estimate of drug-likeness (QED) is 0.863. The molecule has 18 heavy (non-hydrogen) atoms. The molecule has 0 amide bonds. The van der Waals surface area contributed by atoms with Crippen LogP contribution in [0.25, 0.3) is 10.9 Å². The van der Waals surface area contributed by atoms with Crippen molar-refractivity contribution in [3.8, 4) is 0 Å². The molecule has 0 unspecified atom stereocenters. The smallest absolute Gasteiger partial charge is 0.316 e. The first-order valence-corrected chi connectivity index (χ1v) is 5.72. The van der Waals surface area contributed by atoms with Crippen molar-refractivity contribution in [3.05, 3.63) is 30.0 Å². The molecule has 5 heteroatoms. The first kappa shape index (κ1) is 11.0. The first-order valence-electron chi connectivity index (χ1n) is 5.72. The van der Waals surface area contributed by atoms with Crippen molar-refractivity contribution in [3.63, 3.8) is 0 Å². The van der Waals surface area contributed by atoms with Gasteiger partial charge in [0.25, 0.3) is 0 Å². The van der Waals surface area contributed by atoms with Gasteiger partial charge in [-0.15, -0.1) is 0 Å². The Bertz CT molecular complexity index is 664. The number of rotatable bonds is 2. The number of aliphatic carboxylic acids is 1. The number of ketones is 1. The predicted molar refractivity (Wildman–Crippen MR) is 64.3 cm³/mol. The predicted octanol–water partition coefficient (Wildman–Crippen LogP) is 1.26. The van der Waals surface area contributed by atoms with Gasteiger partial charge in [-0.05, 0) is 6.07 Å². The second-order valence-electron chi connectivity index (χ2n) is 4.77. The van der Waals surface area contributed by atoms with Gasteiger partial charge in [0.15, 0.2) is 0 Å². The second-order valence-corrected chi connectivity index (χ2v) is 4.77. The van der Waals surface area contributed by atoms with E-state index >= 15 is 0 Å². The number of carboxylic acids is 1. The molecule has 1 aromatic carbocycles. The summed E-state index contributed by atoms with van der Waals surface area (Å²) >= 11 is 0. The number of carbonyl (C=O) groups is 2.